The SMILES string of the molecule is C.C.O=C=O.O=CO.[HH]. The summed E-state index contributed by atoms with van der Waals surface area (Å²) >= 11 is 0. The van der Waals surface area contributed by atoms with E-state index in [0.29, 0.717) is 0 Å². The van der Waals surface area contributed by atoms with Crippen LogP contribution in [0.4, 0.5) is 0 Å². The van der Waals surface area contributed by atoms with Crippen molar-refractivity contribution in [3.63, 3.8) is 0 Å². The predicted molar refractivity (Wildman–Crippen MR) is 29.3 cm³/mol. The Morgan fingerprint density at radius 3 is 1.38 bits per heavy atom. The van der Waals surface area contributed by atoms with Gasteiger partial charge in [-0.2, -0.15) is 9.59 Å². The Balaban J connectivity index is -0.00000000889. The molecule has 0 aromatic rings. The Kier molecular flexibility index (Phi) is 687. The quantitative estimate of drug-likeness (QED) is 0.481. The minimum absolute atomic E-state index is 0. The molecule has 0 fully saturated rings. The molecular formula is C4H12O4. The fourth-order valence-corrected chi connectivity index (χ4v) is 0. The number of carboxylic acid groups (broad SMARTS) is 1. The Labute approximate surface area is 49.6 Å². The lowest BCUT2D eigenvalue weighted by Crippen LogP contribution is -1.49. The highest BCUT2D eigenvalue weighted by Gasteiger charge is 1.22. The van der Waals surface area contributed by atoms with Gasteiger partial charge in [0.15, 0.2) is 0 Å². The van der Waals surface area contributed by atoms with E-state index < -0.39 is 0 Å². The average Bonchev–Trinajstić information content (AvgIpc) is 1.39. The average molecular weight is 124 g/mol. The second-order valence-electron chi connectivity index (χ2n) is 0.189. The first-order valence-electron chi connectivity index (χ1n) is 0.902. The third-order valence-electron chi connectivity index (χ3n) is 0. The van der Waals surface area contributed by atoms with Gasteiger partial charge in [-0.05, 0) is 0 Å². The van der Waals surface area contributed by atoms with Gasteiger partial charge in [0, 0.05) is 1.43 Å². The van der Waals surface area contributed by atoms with Crippen LogP contribution < -0.4 is 0 Å². The van der Waals surface area contributed by atoms with Gasteiger partial charge >= 0.3 is 6.15 Å². The van der Waals surface area contributed by atoms with E-state index >= 15 is 0 Å². The number of rotatable bonds is 0. The first kappa shape index (κ1) is 28.9. The molecule has 0 atom stereocenters. The largest absolute Gasteiger partial charge is 0.483 e. The van der Waals surface area contributed by atoms with Crippen LogP contribution in [0.25, 0.3) is 0 Å². The van der Waals surface area contributed by atoms with Crippen molar-refractivity contribution in [2.75, 3.05) is 0 Å². The Bertz CT molecular complexity index is 57.6. The monoisotopic (exact) mass is 124 g/mol. The second-order valence-corrected chi connectivity index (χ2v) is 0.189. The van der Waals surface area contributed by atoms with Crippen LogP contribution in [-0.4, -0.2) is 17.7 Å². The maximum atomic E-state index is 8.36. The highest BCUT2D eigenvalue weighted by atomic mass is 16.3. The third-order valence-corrected chi connectivity index (χ3v) is 0. The minimum atomic E-state index is -0.250. The van der Waals surface area contributed by atoms with E-state index in [1.54, 1.807) is 0 Å². The smallest absolute Gasteiger partial charge is 0.373 e. The fraction of sp³-hybridized carbons (Fsp3) is 0.500. The summed E-state index contributed by atoms with van der Waals surface area (Å²) < 4.78 is 0. The molecule has 0 aromatic heterocycles. The van der Waals surface area contributed by atoms with Gasteiger partial charge in [-0.1, -0.05) is 14.9 Å². The van der Waals surface area contributed by atoms with Gasteiger partial charge in [0.25, 0.3) is 6.47 Å². The lowest BCUT2D eigenvalue weighted by Gasteiger charge is -1.34. The predicted octanol–water partition coefficient (Wildman–Crippen LogP) is 0.636. The number of hydrogen-bond donors (Lipinski definition) is 1. The molecule has 4 heteroatoms. The molecule has 8 heavy (non-hydrogen) atoms. The topological polar surface area (TPSA) is 71.4 Å². The Morgan fingerprint density at radius 2 is 1.38 bits per heavy atom. The van der Waals surface area contributed by atoms with Crippen LogP contribution in [0.1, 0.15) is 16.3 Å². The summed E-state index contributed by atoms with van der Waals surface area (Å²) in [7, 11) is 0. The van der Waals surface area contributed by atoms with Crippen molar-refractivity contribution in [3.8, 4) is 0 Å². The summed E-state index contributed by atoms with van der Waals surface area (Å²) in [6, 6.07) is 0. The molecule has 0 bridgehead atoms. The van der Waals surface area contributed by atoms with Gasteiger partial charge in [-0.3, -0.25) is 4.79 Å². The van der Waals surface area contributed by atoms with Crippen LogP contribution in [0, 0.1) is 0 Å². The van der Waals surface area contributed by atoms with E-state index in [2.05, 4.69) is 0 Å². The van der Waals surface area contributed by atoms with E-state index in [4.69, 9.17) is 19.5 Å². The van der Waals surface area contributed by atoms with Crippen molar-refractivity contribution in [2.45, 2.75) is 14.9 Å². The zero-order chi connectivity index (χ0) is 5.41. The molecule has 4 nitrogen and oxygen atoms in total. The zero-order valence-electron chi connectivity index (χ0n) is 2.75. The first-order chi connectivity index (χ1) is 2.83. The van der Waals surface area contributed by atoms with Crippen LogP contribution in [0.2, 0.25) is 0 Å². The number of carbonyl (C=O) groups excluding carboxylic acids is 2. The van der Waals surface area contributed by atoms with Crippen LogP contribution >= 0.6 is 0 Å². The summed E-state index contributed by atoms with van der Waals surface area (Å²) in [5.74, 6) is 0. The maximum absolute atomic E-state index is 8.36. The number of carbonyl (C=O) groups is 1. The molecule has 0 amide bonds. The van der Waals surface area contributed by atoms with Gasteiger partial charge in [0.1, 0.15) is 0 Å². The van der Waals surface area contributed by atoms with E-state index in [9.17, 15) is 0 Å². The van der Waals surface area contributed by atoms with Crippen molar-refractivity contribution in [2.24, 2.45) is 0 Å². The lowest BCUT2D eigenvalue weighted by molar-refractivity contribution is -0.191. The highest BCUT2D eigenvalue weighted by Crippen LogP contribution is 0.966. The molecule has 0 aliphatic carbocycles. The molecule has 0 rings (SSSR count). The maximum Gasteiger partial charge on any atom is 0.373 e. The molecule has 0 aromatic carbocycles. The molecule has 1 N–H and O–H groups in total. The standard InChI is InChI=1S/CH2O2.CO2.2CH4.H2/c2*2-1-3;;;/h1H,(H,2,3);;2*1H4;1H. The molecule has 52 valence electrons. The van der Waals surface area contributed by atoms with Crippen LogP contribution in [0.15, 0.2) is 0 Å². The van der Waals surface area contributed by atoms with Crippen LogP contribution in [-0.2, 0) is 14.4 Å². The third kappa shape index (κ3) is 54.4. The van der Waals surface area contributed by atoms with E-state index in [-0.39, 0.29) is 28.9 Å². The zero-order valence-corrected chi connectivity index (χ0v) is 2.75. The van der Waals surface area contributed by atoms with Crippen molar-refractivity contribution in [1.29, 1.82) is 0 Å². The molecule has 0 radical (unpaired) electrons. The fourth-order valence-electron chi connectivity index (χ4n) is 0. The van der Waals surface area contributed by atoms with Gasteiger partial charge < -0.3 is 5.11 Å². The van der Waals surface area contributed by atoms with Crippen molar-refractivity contribution >= 4 is 12.6 Å². The normalized spacial score (nSPS) is 2.50. The Hall–Kier alpha value is -1.15. The minimum Gasteiger partial charge on any atom is -0.483 e. The molecule has 0 saturated carbocycles. The summed E-state index contributed by atoms with van der Waals surface area (Å²) in [5.41, 5.74) is 0. The van der Waals surface area contributed by atoms with Crippen molar-refractivity contribution in [3.05, 3.63) is 0 Å². The molecule has 0 heterocycles. The van der Waals surface area contributed by atoms with E-state index in [1.807, 2.05) is 0 Å². The van der Waals surface area contributed by atoms with E-state index in [1.165, 1.54) is 0 Å². The van der Waals surface area contributed by atoms with Crippen molar-refractivity contribution < 1.29 is 20.9 Å². The lowest BCUT2D eigenvalue weighted by atomic mass is 11.7. The molecule has 0 unspecified atom stereocenters. The summed E-state index contributed by atoms with van der Waals surface area (Å²) in [6.07, 6.45) is 0.250. The number of hydrogen-bond acceptors (Lipinski definition) is 3. The van der Waals surface area contributed by atoms with Gasteiger partial charge in [0.05, 0.1) is 0 Å². The first-order valence-corrected chi connectivity index (χ1v) is 0.902. The summed E-state index contributed by atoms with van der Waals surface area (Å²) in [6.45, 7) is -0.250. The van der Waals surface area contributed by atoms with Gasteiger partial charge in [-0.25, -0.2) is 0 Å². The molecular weight excluding hydrogens is 112 g/mol. The van der Waals surface area contributed by atoms with Crippen molar-refractivity contribution in [1.82, 2.24) is 0 Å². The Morgan fingerprint density at radius 1 is 1.38 bits per heavy atom. The van der Waals surface area contributed by atoms with Crippen LogP contribution in [0.5, 0.6) is 0 Å². The summed E-state index contributed by atoms with van der Waals surface area (Å²) in [5, 5.41) is 6.89. The molecule has 0 spiro atoms. The summed E-state index contributed by atoms with van der Waals surface area (Å²) in [4.78, 5) is 24.6. The second kappa shape index (κ2) is 190. The molecule has 0 aliphatic heterocycles. The van der Waals surface area contributed by atoms with Crippen LogP contribution in [0.3, 0.4) is 0 Å². The van der Waals surface area contributed by atoms with Gasteiger partial charge in [0.2, 0.25) is 0 Å². The molecule has 0 aliphatic rings. The highest BCUT2D eigenvalue weighted by molar-refractivity contribution is 5.32. The van der Waals surface area contributed by atoms with Gasteiger partial charge in [-0.15, -0.1) is 0 Å². The van der Waals surface area contributed by atoms with E-state index in [0.717, 1.165) is 0 Å². The molecule has 0 saturated heterocycles.